The molecule has 0 spiro atoms. The maximum Gasteiger partial charge on any atom is 0.267 e. The first-order valence-electron chi connectivity index (χ1n) is 7.86. The van der Waals surface area contributed by atoms with E-state index >= 15 is 0 Å². The van der Waals surface area contributed by atoms with E-state index in [1.54, 1.807) is 25.1 Å². The molecule has 0 saturated carbocycles. The van der Waals surface area contributed by atoms with Crippen molar-refractivity contribution in [2.75, 3.05) is 6.54 Å². The van der Waals surface area contributed by atoms with E-state index in [4.69, 9.17) is 27.6 Å². The van der Waals surface area contributed by atoms with Gasteiger partial charge in [-0.1, -0.05) is 23.2 Å². The number of nitrogens with zero attached hydrogens (tertiary/aromatic N) is 2. The maximum atomic E-state index is 12.5. The molecule has 0 amide bonds. The molecule has 0 aliphatic carbocycles. The van der Waals surface area contributed by atoms with Crippen molar-refractivity contribution >= 4 is 33.2 Å². The zero-order chi connectivity index (χ0) is 19.6. The van der Waals surface area contributed by atoms with E-state index in [2.05, 4.69) is 9.82 Å². The number of rotatable bonds is 6. The second-order valence-electron chi connectivity index (χ2n) is 5.75. The molecule has 142 valence electrons. The molecule has 1 unspecified atom stereocenters. The Bertz CT molecular complexity index is 1110. The first-order chi connectivity index (χ1) is 12.8. The molecule has 0 saturated heterocycles. The summed E-state index contributed by atoms with van der Waals surface area (Å²) in [4.78, 5) is 12.0. The monoisotopic (exact) mass is 427 g/mol. The van der Waals surface area contributed by atoms with Crippen LogP contribution < -0.4 is 10.3 Å². The summed E-state index contributed by atoms with van der Waals surface area (Å²) in [6.07, 6.45) is 1.50. The number of aromatic nitrogens is 2. The molecule has 1 N–H and O–H groups in total. The minimum atomic E-state index is -3.91. The fraction of sp³-hybridized carbons (Fsp3) is 0.176. The third-order valence-electron chi connectivity index (χ3n) is 3.77. The van der Waals surface area contributed by atoms with E-state index in [1.807, 2.05) is 0 Å². The van der Waals surface area contributed by atoms with E-state index in [-0.39, 0.29) is 27.0 Å². The number of hydrogen-bond acceptors (Lipinski definition) is 5. The van der Waals surface area contributed by atoms with E-state index in [1.165, 1.54) is 35.2 Å². The van der Waals surface area contributed by atoms with Gasteiger partial charge in [0.1, 0.15) is 10.6 Å². The number of benzene rings is 1. The molecule has 1 aromatic carbocycles. The van der Waals surface area contributed by atoms with Gasteiger partial charge < -0.3 is 4.42 Å². The Kier molecular flexibility index (Phi) is 5.71. The van der Waals surface area contributed by atoms with Crippen LogP contribution in [0.2, 0.25) is 10.0 Å². The van der Waals surface area contributed by atoms with Crippen LogP contribution in [0.5, 0.6) is 0 Å². The van der Waals surface area contributed by atoms with E-state index in [0.29, 0.717) is 11.5 Å². The van der Waals surface area contributed by atoms with Gasteiger partial charge in [0.15, 0.2) is 5.76 Å². The lowest BCUT2D eigenvalue weighted by molar-refractivity contribution is 0.456. The van der Waals surface area contributed by atoms with Crippen LogP contribution >= 0.6 is 23.2 Å². The molecule has 0 bridgehead atoms. The van der Waals surface area contributed by atoms with E-state index in [0.717, 1.165) is 0 Å². The summed E-state index contributed by atoms with van der Waals surface area (Å²) in [5, 5.41) is 4.55. The number of nitrogens with one attached hydrogen (secondary N) is 1. The fourth-order valence-electron chi connectivity index (χ4n) is 2.37. The molecular formula is C17H15Cl2N3O4S. The molecule has 2 aromatic heterocycles. The fourth-order valence-corrected chi connectivity index (χ4v) is 4.26. The minimum Gasteiger partial charge on any atom is -0.463 e. The smallest absolute Gasteiger partial charge is 0.267 e. The van der Waals surface area contributed by atoms with Crippen molar-refractivity contribution in [3.63, 3.8) is 0 Å². The van der Waals surface area contributed by atoms with Gasteiger partial charge in [-0.15, -0.1) is 0 Å². The molecule has 1 atom stereocenters. The van der Waals surface area contributed by atoms with E-state index < -0.39 is 16.1 Å². The highest BCUT2D eigenvalue weighted by molar-refractivity contribution is 7.89. The lowest BCUT2D eigenvalue weighted by atomic mass is 10.3. The average Bonchev–Trinajstić information content (AvgIpc) is 3.17. The second kappa shape index (κ2) is 7.85. The Morgan fingerprint density at radius 1 is 1.22 bits per heavy atom. The molecule has 0 fully saturated rings. The van der Waals surface area contributed by atoms with Crippen molar-refractivity contribution in [3.05, 3.63) is 69.1 Å². The van der Waals surface area contributed by atoms with Gasteiger partial charge in [-0.05, 0) is 43.3 Å². The highest BCUT2D eigenvalue weighted by Crippen LogP contribution is 2.25. The number of hydrogen-bond donors (Lipinski definition) is 1. The average molecular weight is 428 g/mol. The number of sulfonamides is 1. The van der Waals surface area contributed by atoms with Crippen LogP contribution in [-0.2, 0) is 10.0 Å². The zero-order valence-corrected chi connectivity index (χ0v) is 16.4. The summed E-state index contributed by atoms with van der Waals surface area (Å²) in [6, 6.07) is 9.92. The van der Waals surface area contributed by atoms with Crippen molar-refractivity contribution in [1.82, 2.24) is 14.5 Å². The molecule has 27 heavy (non-hydrogen) atoms. The van der Waals surface area contributed by atoms with Crippen molar-refractivity contribution in [3.8, 4) is 11.5 Å². The second-order valence-corrected chi connectivity index (χ2v) is 8.33. The summed E-state index contributed by atoms with van der Waals surface area (Å²) in [7, 11) is -3.91. The molecular weight excluding hydrogens is 413 g/mol. The Hall–Kier alpha value is -2.13. The number of furan rings is 1. The summed E-state index contributed by atoms with van der Waals surface area (Å²) in [5.74, 6) is 0.502. The van der Waals surface area contributed by atoms with Crippen molar-refractivity contribution in [1.29, 1.82) is 0 Å². The van der Waals surface area contributed by atoms with Gasteiger partial charge >= 0.3 is 0 Å². The first-order valence-corrected chi connectivity index (χ1v) is 10.1. The van der Waals surface area contributed by atoms with Gasteiger partial charge in [0.2, 0.25) is 10.0 Å². The van der Waals surface area contributed by atoms with Crippen LogP contribution in [0.25, 0.3) is 11.5 Å². The van der Waals surface area contributed by atoms with Crippen molar-refractivity contribution in [2.45, 2.75) is 17.9 Å². The molecule has 3 rings (SSSR count). The third kappa shape index (κ3) is 4.41. The summed E-state index contributed by atoms with van der Waals surface area (Å²) < 4.78 is 33.9. The Labute approximate surface area is 165 Å². The van der Waals surface area contributed by atoms with E-state index in [9.17, 15) is 13.2 Å². The minimum absolute atomic E-state index is 0.0506. The van der Waals surface area contributed by atoms with Crippen LogP contribution in [0.3, 0.4) is 0 Å². The lowest BCUT2D eigenvalue weighted by Gasteiger charge is -2.16. The maximum absolute atomic E-state index is 12.5. The van der Waals surface area contributed by atoms with Gasteiger partial charge in [0, 0.05) is 17.6 Å². The molecule has 10 heteroatoms. The standard InChI is InChI=1S/C17H15Cl2N3O4S/c1-11(10-20-27(24,25)16-9-12(18)4-5-13(16)19)22-17(23)7-6-14(21-22)15-3-2-8-26-15/h2-9,11,20H,10H2,1H3. The molecule has 7 nitrogen and oxygen atoms in total. The largest absolute Gasteiger partial charge is 0.463 e. The van der Waals surface area contributed by atoms with Gasteiger partial charge in [0.05, 0.1) is 17.3 Å². The molecule has 0 aliphatic heterocycles. The summed E-state index contributed by atoms with van der Waals surface area (Å²) in [6.45, 7) is 1.60. The van der Waals surface area contributed by atoms with Crippen LogP contribution in [-0.4, -0.2) is 24.7 Å². The van der Waals surface area contributed by atoms with Crippen LogP contribution in [0.1, 0.15) is 13.0 Å². The lowest BCUT2D eigenvalue weighted by Crippen LogP contribution is -2.35. The predicted octanol–water partition coefficient (Wildman–Crippen LogP) is 3.35. The van der Waals surface area contributed by atoms with Gasteiger partial charge in [-0.3, -0.25) is 4.79 Å². The van der Waals surface area contributed by atoms with Crippen molar-refractivity contribution in [2.24, 2.45) is 0 Å². The molecule has 2 heterocycles. The van der Waals surface area contributed by atoms with Gasteiger partial charge in [0.25, 0.3) is 5.56 Å². The zero-order valence-electron chi connectivity index (χ0n) is 14.1. The quantitative estimate of drug-likeness (QED) is 0.650. The molecule has 3 aromatic rings. The Balaban J connectivity index is 1.81. The summed E-state index contributed by atoms with van der Waals surface area (Å²) >= 11 is 11.8. The van der Waals surface area contributed by atoms with Crippen LogP contribution in [0.4, 0.5) is 0 Å². The highest BCUT2D eigenvalue weighted by Gasteiger charge is 2.20. The normalized spacial score (nSPS) is 12.9. The van der Waals surface area contributed by atoms with Crippen LogP contribution in [0.15, 0.2) is 62.8 Å². The molecule has 0 aliphatic rings. The molecule has 0 radical (unpaired) electrons. The predicted molar refractivity (Wildman–Crippen MR) is 103 cm³/mol. The SMILES string of the molecule is CC(CNS(=O)(=O)c1cc(Cl)ccc1Cl)n1nc(-c2ccco2)ccc1=O. The van der Waals surface area contributed by atoms with Crippen LogP contribution in [0, 0.1) is 0 Å². The Morgan fingerprint density at radius 3 is 2.70 bits per heavy atom. The summed E-state index contributed by atoms with van der Waals surface area (Å²) in [5.41, 5.74) is 0.102. The highest BCUT2D eigenvalue weighted by atomic mass is 35.5. The topological polar surface area (TPSA) is 94.2 Å². The third-order valence-corrected chi connectivity index (χ3v) is 5.91. The Morgan fingerprint density at radius 2 is 2.00 bits per heavy atom. The van der Waals surface area contributed by atoms with Gasteiger partial charge in [-0.25, -0.2) is 17.8 Å². The first kappa shape index (κ1) is 19.6. The van der Waals surface area contributed by atoms with Crippen molar-refractivity contribution < 1.29 is 12.8 Å². The van der Waals surface area contributed by atoms with Gasteiger partial charge in [-0.2, -0.15) is 5.10 Å². The number of halogens is 2.